The summed E-state index contributed by atoms with van der Waals surface area (Å²) in [6.45, 7) is 4.29. The highest BCUT2D eigenvalue weighted by atomic mass is 19.1. The molecule has 0 bridgehead atoms. The third-order valence-corrected chi connectivity index (χ3v) is 4.23. The van der Waals surface area contributed by atoms with Crippen molar-refractivity contribution in [3.05, 3.63) is 59.4 Å². The Hall–Kier alpha value is -2.89. The summed E-state index contributed by atoms with van der Waals surface area (Å²) in [4.78, 5) is 25.9. The zero-order valence-corrected chi connectivity index (χ0v) is 14.2. The molecule has 0 spiro atoms. The second kappa shape index (κ2) is 6.93. The van der Waals surface area contributed by atoms with Crippen molar-refractivity contribution in [2.24, 2.45) is 0 Å². The lowest BCUT2D eigenvalue weighted by Crippen LogP contribution is -2.39. The Morgan fingerprint density at radius 2 is 1.88 bits per heavy atom. The number of nitrogens with zero attached hydrogens (tertiary/aromatic N) is 1. The number of carbonyl (C=O) groups excluding carboxylic acids is 2. The average molecular weight is 341 g/mol. The van der Waals surface area contributed by atoms with Gasteiger partial charge in [-0.15, -0.1) is 0 Å². The van der Waals surface area contributed by atoms with Crippen LogP contribution in [0.3, 0.4) is 0 Å². The number of anilines is 2. The van der Waals surface area contributed by atoms with E-state index in [0.29, 0.717) is 12.2 Å². The van der Waals surface area contributed by atoms with Crippen LogP contribution in [0.25, 0.3) is 0 Å². The number of urea groups is 1. The largest absolute Gasteiger partial charge is 0.333 e. The summed E-state index contributed by atoms with van der Waals surface area (Å²) in [5.41, 5.74) is 3.47. The maximum atomic E-state index is 13.0. The highest BCUT2D eigenvalue weighted by Gasteiger charge is 2.31. The second-order valence-electron chi connectivity index (χ2n) is 6.30. The predicted molar refractivity (Wildman–Crippen MR) is 95.2 cm³/mol. The molecule has 25 heavy (non-hydrogen) atoms. The Morgan fingerprint density at radius 1 is 1.16 bits per heavy atom. The Morgan fingerprint density at radius 3 is 2.56 bits per heavy atom. The van der Waals surface area contributed by atoms with Crippen LogP contribution in [-0.4, -0.2) is 24.5 Å². The number of halogens is 1. The summed E-state index contributed by atoms with van der Waals surface area (Å²) in [7, 11) is 0. The first-order valence-corrected chi connectivity index (χ1v) is 8.13. The van der Waals surface area contributed by atoms with Crippen molar-refractivity contribution in [2.75, 3.05) is 16.8 Å². The summed E-state index contributed by atoms with van der Waals surface area (Å²) in [6.07, 6.45) is 0.220. The molecular weight excluding hydrogens is 321 g/mol. The fourth-order valence-corrected chi connectivity index (χ4v) is 2.97. The zero-order valence-electron chi connectivity index (χ0n) is 14.2. The van der Waals surface area contributed by atoms with Gasteiger partial charge in [0.2, 0.25) is 5.91 Å². The van der Waals surface area contributed by atoms with Crippen molar-refractivity contribution < 1.29 is 14.0 Å². The van der Waals surface area contributed by atoms with E-state index >= 15 is 0 Å². The molecule has 1 aliphatic rings. The van der Waals surface area contributed by atoms with Crippen LogP contribution in [0.15, 0.2) is 42.5 Å². The molecule has 1 atom stereocenters. The smallest absolute Gasteiger partial charge is 0.319 e. The molecule has 1 aliphatic heterocycles. The summed E-state index contributed by atoms with van der Waals surface area (Å²) >= 11 is 0. The number of benzene rings is 2. The van der Waals surface area contributed by atoms with Crippen LogP contribution in [0.2, 0.25) is 0 Å². The molecular formula is C19H20FN3O2. The van der Waals surface area contributed by atoms with Crippen molar-refractivity contribution in [3.63, 3.8) is 0 Å². The van der Waals surface area contributed by atoms with Gasteiger partial charge in [0.25, 0.3) is 0 Å². The van der Waals surface area contributed by atoms with E-state index in [2.05, 4.69) is 10.6 Å². The molecule has 0 aromatic heterocycles. The third kappa shape index (κ3) is 3.96. The maximum Gasteiger partial charge on any atom is 0.319 e. The molecule has 2 aromatic carbocycles. The van der Waals surface area contributed by atoms with Crippen molar-refractivity contribution >= 4 is 23.3 Å². The summed E-state index contributed by atoms with van der Waals surface area (Å²) < 4.78 is 13.0. The van der Waals surface area contributed by atoms with E-state index in [1.165, 1.54) is 12.1 Å². The van der Waals surface area contributed by atoms with Crippen LogP contribution in [0, 0.1) is 19.7 Å². The van der Waals surface area contributed by atoms with Gasteiger partial charge in [-0.2, -0.15) is 0 Å². The first-order valence-electron chi connectivity index (χ1n) is 8.13. The molecule has 2 N–H and O–H groups in total. The van der Waals surface area contributed by atoms with Crippen LogP contribution in [0.1, 0.15) is 17.5 Å². The molecule has 6 heteroatoms. The van der Waals surface area contributed by atoms with Gasteiger partial charge in [0.15, 0.2) is 0 Å². The lowest BCUT2D eigenvalue weighted by atomic mass is 10.1. The summed E-state index contributed by atoms with van der Waals surface area (Å²) in [5, 5.41) is 5.64. The molecule has 5 nitrogen and oxygen atoms in total. The van der Waals surface area contributed by atoms with E-state index in [9.17, 15) is 14.0 Å². The first-order chi connectivity index (χ1) is 11.9. The summed E-state index contributed by atoms with van der Waals surface area (Å²) in [6, 6.07) is 10.9. The summed E-state index contributed by atoms with van der Waals surface area (Å²) in [5.74, 6) is -0.443. The fourth-order valence-electron chi connectivity index (χ4n) is 2.97. The molecule has 3 amide bonds. The molecule has 2 aromatic rings. The molecule has 130 valence electrons. The number of hydrogen-bond acceptors (Lipinski definition) is 2. The first kappa shape index (κ1) is 17.0. The van der Waals surface area contributed by atoms with Crippen molar-refractivity contribution in [1.29, 1.82) is 0 Å². The van der Waals surface area contributed by atoms with Crippen LogP contribution in [-0.2, 0) is 4.79 Å². The highest BCUT2D eigenvalue weighted by molar-refractivity contribution is 5.97. The van der Waals surface area contributed by atoms with Crippen molar-refractivity contribution in [2.45, 2.75) is 26.3 Å². The number of nitrogens with one attached hydrogen (secondary N) is 2. The molecule has 0 aliphatic carbocycles. The molecule has 1 saturated heterocycles. The van der Waals surface area contributed by atoms with Gasteiger partial charge >= 0.3 is 6.03 Å². The van der Waals surface area contributed by atoms with Crippen molar-refractivity contribution in [3.8, 4) is 0 Å². The van der Waals surface area contributed by atoms with E-state index in [0.717, 1.165) is 16.8 Å². The number of hydrogen-bond donors (Lipinski definition) is 2. The number of aryl methyl sites for hydroxylation is 2. The predicted octanol–water partition coefficient (Wildman–Crippen LogP) is 3.37. The molecule has 0 unspecified atom stereocenters. The van der Waals surface area contributed by atoms with Gasteiger partial charge in [0, 0.05) is 24.3 Å². The van der Waals surface area contributed by atoms with E-state index in [1.807, 2.05) is 32.0 Å². The SMILES string of the molecule is Cc1ccc(NC(=O)N[C@@H]2CC(=O)N(c3ccc(F)cc3)C2)c(C)c1. The fraction of sp³-hybridized carbons (Fsp3) is 0.263. The Kier molecular flexibility index (Phi) is 4.70. The monoisotopic (exact) mass is 341 g/mol. The lowest BCUT2D eigenvalue weighted by molar-refractivity contribution is -0.117. The average Bonchev–Trinajstić information content (AvgIpc) is 2.91. The normalized spacial score (nSPS) is 16.8. The lowest BCUT2D eigenvalue weighted by Gasteiger charge is -2.17. The number of carbonyl (C=O) groups is 2. The molecule has 1 fully saturated rings. The number of amides is 3. The minimum Gasteiger partial charge on any atom is -0.333 e. The minimum absolute atomic E-state index is 0.0941. The van der Waals surface area contributed by atoms with Gasteiger partial charge in [-0.1, -0.05) is 17.7 Å². The Bertz CT molecular complexity index is 805. The molecule has 3 rings (SSSR count). The van der Waals surface area contributed by atoms with E-state index < -0.39 is 0 Å². The van der Waals surface area contributed by atoms with E-state index in [1.54, 1.807) is 17.0 Å². The van der Waals surface area contributed by atoms with Crippen molar-refractivity contribution in [1.82, 2.24) is 5.32 Å². The quantitative estimate of drug-likeness (QED) is 0.899. The van der Waals surface area contributed by atoms with Gasteiger partial charge in [-0.05, 0) is 49.7 Å². The van der Waals surface area contributed by atoms with Crippen LogP contribution < -0.4 is 15.5 Å². The van der Waals surface area contributed by atoms with Gasteiger partial charge < -0.3 is 15.5 Å². The molecule has 0 saturated carbocycles. The highest BCUT2D eigenvalue weighted by Crippen LogP contribution is 2.22. The molecule has 0 radical (unpaired) electrons. The minimum atomic E-state index is -0.349. The van der Waals surface area contributed by atoms with E-state index in [-0.39, 0.29) is 30.2 Å². The van der Waals surface area contributed by atoms with Gasteiger partial charge in [-0.3, -0.25) is 4.79 Å². The Balaban J connectivity index is 1.61. The van der Waals surface area contributed by atoms with Gasteiger partial charge in [0.1, 0.15) is 5.82 Å². The zero-order chi connectivity index (χ0) is 18.0. The number of rotatable bonds is 3. The van der Waals surface area contributed by atoms with Gasteiger partial charge in [0.05, 0.1) is 6.04 Å². The van der Waals surface area contributed by atoms with Gasteiger partial charge in [-0.25, -0.2) is 9.18 Å². The maximum absolute atomic E-state index is 13.0. The second-order valence-corrected chi connectivity index (χ2v) is 6.30. The van der Waals surface area contributed by atoms with Crippen LogP contribution in [0.4, 0.5) is 20.6 Å². The van der Waals surface area contributed by atoms with Crippen LogP contribution >= 0.6 is 0 Å². The van der Waals surface area contributed by atoms with E-state index in [4.69, 9.17) is 0 Å². The third-order valence-electron chi connectivity index (χ3n) is 4.23. The Labute approximate surface area is 145 Å². The van der Waals surface area contributed by atoms with Crippen LogP contribution in [0.5, 0.6) is 0 Å². The standard InChI is InChI=1S/C19H20FN3O2/c1-12-3-8-17(13(2)9-12)22-19(25)21-15-10-18(24)23(11-15)16-6-4-14(20)5-7-16/h3-9,15H,10-11H2,1-2H3,(H2,21,22,25)/t15-/m1/s1. The topological polar surface area (TPSA) is 61.4 Å². The molecule has 1 heterocycles.